The van der Waals surface area contributed by atoms with Crippen molar-refractivity contribution in [1.82, 2.24) is 4.90 Å². The number of likely N-dealkylation sites (tertiary alicyclic amines) is 1. The van der Waals surface area contributed by atoms with Crippen molar-refractivity contribution < 1.29 is 9.66 Å². The second-order valence-electron chi connectivity index (χ2n) is 5.47. The van der Waals surface area contributed by atoms with Gasteiger partial charge in [0.1, 0.15) is 17.9 Å². The van der Waals surface area contributed by atoms with E-state index in [0.29, 0.717) is 11.8 Å². The smallest absolute Gasteiger partial charge is 0.290 e. The fourth-order valence-electron chi connectivity index (χ4n) is 2.57. The van der Waals surface area contributed by atoms with Gasteiger partial charge < -0.3 is 9.64 Å². The van der Waals surface area contributed by atoms with Crippen molar-refractivity contribution in [3.63, 3.8) is 0 Å². The zero-order valence-corrected chi connectivity index (χ0v) is 12.3. The molecule has 1 fully saturated rings. The van der Waals surface area contributed by atoms with Crippen LogP contribution in [0.5, 0.6) is 5.75 Å². The molecule has 2 rings (SSSR count). The van der Waals surface area contributed by atoms with Gasteiger partial charge in [0.25, 0.3) is 5.69 Å². The zero-order valence-electron chi connectivity index (χ0n) is 12.3. The van der Waals surface area contributed by atoms with Gasteiger partial charge in [0.2, 0.25) is 0 Å². The van der Waals surface area contributed by atoms with Gasteiger partial charge in [-0.05, 0) is 32.8 Å². The summed E-state index contributed by atoms with van der Waals surface area (Å²) >= 11 is 0. The minimum absolute atomic E-state index is 0.00814. The Labute approximate surface area is 124 Å². The molecule has 0 aromatic heterocycles. The maximum absolute atomic E-state index is 10.9. The van der Waals surface area contributed by atoms with E-state index in [-0.39, 0.29) is 17.4 Å². The van der Waals surface area contributed by atoms with Gasteiger partial charge in [0.05, 0.1) is 4.92 Å². The van der Waals surface area contributed by atoms with Gasteiger partial charge in [-0.15, -0.1) is 0 Å². The van der Waals surface area contributed by atoms with Crippen LogP contribution in [0.1, 0.15) is 32.3 Å². The highest BCUT2D eigenvalue weighted by atomic mass is 16.6. The monoisotopic (exact) mass is 289 g/mol. The Hall–Kier alpha value is -2.13. The van der Waals surface area contributed by atoms with Crippen LogP contribution in [0.2, 0.25) is 0 Å². The summed E-state index contributed by atoms with van der Waals surface area (Å²) in [4.78, 5) is 12.8. The van der Waals surface area contributed by atoms with E-state index in [4.69, 9.17) is 10.00 Å². The largest absolute Gasteiger partial charge is 0.489 e. The molecule has 0 saturated carbocycles. The van der Waals surface area contributed by atoms with Gasteiger partial charge in [-0.25, -0.2) is 0 Å². The van der Waals surface area contributed by atoms with Crippen molar-refractivity contribution in [3.8, 4) is 11.8 Å². The minimum Gasteiger partial charge on any atom is -0.489 e. The number of hydrogen-bond donors (Lipinski definition) is 0. The van der Waals surface area contributed by atoms with Crippen molar-refractivity contribution in [3.05, 3.63) is 33.9 Å². The van der Waals surface area contributed by atoms with Crippen molar-refractivity contribution in [2.75, 3.05) is 13.1 Å². The summed E-state index contributed by atoms with van der Waals surface area (Å²) in [7, 11) is 0. The van der Waals surface area contributed by atoms with Crippen LogP contribution in [0.3, 0.4) is 0 Å². The maximum atomic E-state index is 10.9. The quantitative estimate of drug-likeness (QED) is 0.629. The summed E-state index contributed by atoms with van der Waals surface area (Å²) in [5.41, 5.74) is -0.191. The summed E-state index contributed by atoms with van der Waals surface area (Å²) in [5, 5.41) is 20.1. The van der Waals surface area contributed by atoms with Crippen LogP contribution in [0.15, 0.2) is 18.2 Å². The number of rotatable bonds is 4. The molecule has 0 atom stereocenters. The van der Waals surface area contributed by atoms with Crippen LogP contribution < -0.4 is 4.74 Å². The van der Waals surface area contributed by atoms with Gasteiger partial charge in [-0.2, -0.15) is 5.26 Å². The van der Waals surface area contributed by atoms with E-state index < -0.39 is 4.92 Å². The number of nitro benzene ring substituents is 1. The van der Waals surface area contributed by atoms with Gasteiger partial charge >= 0.3 is 0 Å². The molecule has 0 aliphatic carbocycles. The molecule has 112 valence electrons. The standard InChI is InChI=1S/C15H19N3O3/c1-11(2)17-8-6-12(7-9-17)21-15-5-3-4-14(18(19)20)13(15)10-16/h3-5,11-12H,6-9H2,1-2H3. The first-order chi connectivity index (χ1) is 10.0. The fourth-order valence-corrected chi connectivity index (χ4v) is 2.57. The zero-order chi connectivity index (χ0) is 15.4. The van der Waals surface area contributed by atoms with E-state index in [9.17, 15) is 10.1 Å². The molecule has 0 amide bonds. The Bertz CT molecular complexity index is 558. The molecule has 1 heterocycles. The number of hydrogen-bond acceptors (Lipinski definition) is 5. The highest BCUT2D eigenvalue weighted by molar-refractivity contribution is 5.56. The summed E-state index contributed by atoms with van der Waals surface area (Å²) in [5.74, 6) is 0.315. The van der Waals surface area contributed by atoms with E-state index in [1.165, 1.54) is 6.07 Å². The first kappa shape index (κ1) is 15.3. The number of benzene rings is 1. The van der Waals surface area contributed by atoms with Crippen LogP contribution in [0.25, 0.3) is 0 Å². The number of nitriles is 1. The van der Waals surface area contributed by atoms with Gasteiger partial charge in [-0.1, -0.05) is 6.07 Å². The van der Waals surface area contributed by atoms with Crippen LogP contribution >= 0.6 is 0 Å². The normalized spacial score (nSPS) is 16.7. The van der Waals surface area contributed by atoms with E-state index >= 15 is 0 Å². The molecule has 6 heteroatoms. The summed E-state index contributed by atoms with van der Waals surface area (Å²) in [6, 6.07) is 6.90. The topological polar surface area (TPSA) is 79.4 Å². The van der Waals surface area contributed by atoms with Gasteiger partial charge in [-0.3, -0.25) is 10.1 Å². The molecule has 1 aliphatic heterocycles. The number of nitrogens with zero attached hydrogens (tertiary/aromatic N) is 3. The molecule has 0 N–H and O–H groups in total. The van der Waals surface area contributed by atoms with Crippen LogP contribution in [-0.4, -0.2) is 35.1 Å². The van der Waals surface area contributed by atoms with Crippen molar-refractivity contribution in [1.29, 1.82) is 5.26 Å². The summed E-state index contributed by atoms with van der Waals surface area (Å²) in [6.07, 6.45) is 1.74. The summed E-state index contributed by atoms with van der Waals surface area (Å²) < 4.78 is 5.84. The van der Waals surface area contributed by atoms with E-state index in [0.717, 1.165) is 25.9 Å². The molecule has 0 bridgehead atoms. The fraction of sp³-hybridized carbons (Fsp3) is 0.533. The predicted molar refractivity (Wildman–Crippen MR) is 78.2 cm³/mol. The lowest BCUT2D eigenvalue weighted by Crippen LogP contribution is -2.41. The van der Waals surface area contributed by atoms with E-state index in [2.05, 4.69) is 18.7 Å². The second kappa shape index (κ2) is 6.55. The lowest BCUT2D eigenvalue weighted by Gasteiger charge is -2.34. The molecule has 1 saturated heterocycles. The Morgan fingerprint density at radius 3 is 2.62 bits per heavy atom. The first-order valence-corrected chi connectivity index (χ1v) is 7.11. The Morgan fingerprint density at radius 2 is 2.10 bits per heavy atom. The van der Waals surface area contributed by atoms with Crippen LogP contribution in [-0.2, 0) is 0 Å². The molecular weight excluding hydrogens is 270 g/mol. The Balaban J connectivity index is 2.09. The SMILES string of the molecule is CC(C)N1CCC(Oc2cccc([N+](=O)[O-])c2C#N)CC1. The lowest BCUT2D eigenvalue weighted by molar-refractivity contribution is -0.385. The number of piperidine rings is 1. The molecule has 1 aromatic carbocycles. The van der Waals surface area contributed by atoms with Crippen molar-refractivity contribution >= 4 is 5.69 Å². The minimum atomic E-state index is -0.549. The molecular formula is C15H19N3O3. The number of ether oxygens (including phenoxy) is 1. The van der Waals surface area contributed by atoms with Crippen molar-refractivity contribution in [2.45, 2.75) is 38.8 Å². The van der Waals surface area contributed by atoms with Crippen LogP contribution in [0.4, 0.5) is 5.69 Å². The third kappa shape index (κ3) is 3.50. The maximum Gasteiger partial charge on any atom is 0.290 e. The van der Waals surface area contributed by atoms with E-state index in [1.54, 1.807) is 12.1 Å². The highest BCUT2D eigenvalue weighted by Crippen LogP contribution is 2.29. The number of nitro groups is 1. The molecule has 0 unspecified atom stereocenters. The Kier molecular flexibility index (Phi) is 4.76. The third-order valence-corrected chi connectivity index (χ3v) is 3.81. The highest BCUT2D eigenvalue weighted by Gasteiger charge is 2.25. The third-order valence-electron chi connectivity index (χ3n) is 3.81. The van der Waals surface area contributed by atoms with Crippen LogP contribution in [0, 0.1) is 21.4 Å². The molecule has 1 aromatic rings. The van der Waals surface area contributed by atoms with Crippen molar-refractivity contribution in [2.24, 2.45) is 0 Å². The first-order valence-electron chi connectivity index (χ1n) is 7.11. The average Bonchev–Trinajstić information content (AvgIpc) is 2.47. The Morgan fingerprint density at radius 1 is 1.43 bits per heavy atom. The molecule has 21 heavy (non-hydrogen) atoms. The molecule has 0 spiro atoms. The molecule has 0 radical (unpaired) electrons. The lowest BCUT2D eigenvalue weighted by atomic mass is 10.1. The van der Waals surface area contributed by atoms with Gasteiger partial charge in [0, 0.05) is 25.2 Å². The van der Waals surface area contributed by atoms with E-state index in [1.807, 2.05) is 6.07 Å². The second-order valence-corrected chi connectivity index (χ2v) is 5.47. The molecule has 1 aliphatic rings. The average molecular weight is 289 g/mol. The molecule has 6 nitrogen and oxygen atoms in total. The van der Waals surface area contributed by atoms with Gasteiger partial charge in [0.15, 0.2) is 5.56 Å². The summed E-state index contributed by atoms with van der Waals surface area (Å²) in [6.45, 7) is 6.21. The predicted octanol–water partition coefficient (Wildman–Crippen LogP) is 2.72.